The van der Waals surface area contributed by atoms with Crippen molar-refractivity contribution in [1.29, 1.82) is 0 Å². The van der Waals surface area contributed by atoms with Crippen LogP contribution in [0.2, 0.25) is 0 Å². The molecule has 1 aromatic heterocycles. The van der Waals surface area contributed by atoms with Gasteiger partial charge in [0.15, 0.2) is 17.4 Å². The molecule has 0 spiro atoms. The summed E-state index contributed by atoms with van der Waals surface area (Å²) in [6.45, 7) is 7.77. The van der Waals surface area contributed by atoms with E-state index in [1.165, 1.54) is 13.2 Å². The molecule has 1 amide bonds. The van der Waals surface area contributed by atoms with Gasteiger partial charge in [-0.15, -0.1) is 0 Å². The fourth-order valence-electron chi connectivity index (χ4n) is 2.23. The molecule has 1 aromatic carbocycles. The molecular weight excluding hydrogens is 325 g/mol. The maximum absolute atomic E-state index is 13.8. The maximum Gasteiger partial charge on any atom is 0.227 e. The Hall–Kier alpha value is -2.44. The molecule has 0 radical (unpaired) electrons. The average Bonchev–Trinajstić information content (AvgIpc) is 3.02. The van der Waals surface area contributed by atoms with Crippen molar-refractivity contribution in [3.8, 4) is 5.75 Å². The van der Waals surface area contributed by atoms with Gasteiger partial charge in [0.05, 0.1) is 13.2 Å². The van der Waals surface area contributed by atoms with Crippen LogP contribution in [0.3, 0.4) is 0 Å². The lowest BCUT2D eigenvalue weighted by Crippen LogP contribution is -2.27. The first-order chi connectivity index (χ1) is 11.7. The summed E-state index contributed by atoms with van der Waals surface area (Å²) in [5, 5.41) is 6.76. The zero-order valence-electron chi connectivity index (χ0n) is 15.2. The van der Waals surface area contributed by atoms with E-state index in [4.69, 9.17) is 9.26 Å². The predicted octanol–water partition coefficient (Wildman–Crippen LogP) is 3.32. The highest BCUT2D eigenvalue weighted by atomic mass is 19.1. The van der Waals surface area contributed by atoms with E-state index in [0.717, 1.165) is 0 Å². The van der Waals surface area contributed by atoms with Crippen LogP contribution in [0.5, 0.6) is 5.75 Å². The average molecular weight is 349 g/mol. The van der Waals surface area contributed by atoms with Gasteiger partial charge in [0.25, 0.3) is 0 Å². The van der Waals surface area contributed by atoms with Gasteiger partial charge in [0.1, 0.15) is 0 Å². The molecule has 7 heteroatoms. The lowest BCUT2D eigenvalue weighted by Gasteiger charge is -2.15. The van der Waals surface area contributed by atoms with Crippen molar-refractivity contribution in [1.82, 2.24) is 15.5 Å². The first-order valence-corrected chi connectivity index (χ1v) is 8.16. The quantitative estimate of drug-likeness (QED) is 0.865. The number of ether oxygens (including phenoxy) is 1. The van der Waals surface area contributed by atoms with Crippen molar-refractivity contribution in [2.24, 2.45) is 0 Å². The Morgan fingerprint density at radius 3 is 2.68 bits per heavy atom. The number of carbonyl (C=O) groups excluding carboxylic acids is 1. The Balaban J connectivity index is 1.89. The third kappa shape index (κ3) is 5.01. The standard InChI is InChI=1S/C18H24FN3O3/c1-11(12-6-7-14(24-5)13(19)10-12)20-15(23)8-9-16-21-17(22-25-16)18(2,3)4/h6-7,10-11H,8-9H2,1-5H3,(H,20,23)/t11-/m1/s1. The number of amides is 1. The Morgan fingerprint density at radius 2 is 2.12 bits per heavy atom. The number of hydrogen-bond donors (Lipinski definition) is 1. The Morgan fingerprint density at radius 1 is 1.40 bits per heavy atom. The number of benzene rings is 1. The van der Waals surface area contributed by atoms with Gasteiger partial charge < -0.3 is 14.6 Å². The highest BCUT2D eigenvalue weighted by molar-refractivity contribution is 5.76. The van der Waals surface area contributed by atoms with Gasteiger partial charge in [-0.25, -0.2) is 4.39 Å². The third-order valence-corrected chi connectivity index (χ3v) is 3.76. The van der Waals surface area contributed by atoms with E-state index in [0.29, 0.717) is 23.7 Å². The first-order valence-electron chi connectivity index (χ1n) is 8.16. The second kappa shape index (κ2) is 7.63. The zero-order chi connectivity index (χ0) is 18.6. The summed E-state index contributed by atoms with van der Waals surface area (Å²) >= 11 is 0. The van der Waals surface area contributed by atoms with E-state index in [-0.39, 0.29) is 29.5 Å². The molecule has 2 aromatic rings. The zero-order valence-corrected chi connectivity index (χ0v) is 15.2. The molecule has 0 aliphatic heterocycles. The fourth-order valence-corrected chi connectivity index (χ4v) is 2.23. The molecule has 136 valence electrons. The summed E-state index contributed by atoms with van der Waals surface area (Å²) in [4.78, 5) is 16.4. The molecular formula is C18H24FN3O3. The molecule has 0 aliphatic carbocycles. The molecule has 25 heavy (non-hydrogen) atoms. The largest absolute Gasteiger partial charge is 0.494 e. The predicted molar refractivity (Wildman–Crippen MR) is 90.8 cm³/mol. The number of rotatable bonds is 6. The molecule has 1 heterocycles. The third-order valence-electron chi connectivity index (χ3n) is 3.76. The number of aryl methyl sites for hydroxylation is 1. The van der Waals surface area contributed by atoms with Crippen LogP contribution < -0.4 is 10.1 Å². The van der Waals surface area contributed by atoms with Gasteiger partial charge in [0, 0.05) is 18.3 Å². The molecule has 0 saturated carbocycles. The van der Waals surface area contributed by atoms with Crippen molar-refractivity contribution in [3.63, 3.8) is 0 Å². The summed E-state index contributed by atoms with van der Waals surface area (Å²) in [6.07, 6.45) is 0.577. The van der Waals surface area contributed by atoms with Gasteiger partial charge >= 0.3 is 0 Å². The van der Waals surface area contributed by atoms with Crippen LogP contribution in [0.25, 0.3) is 0 Å². The topological polar surface area (TPSA) is 77.2 Å². The highest BCUT2D eigenvalue weighted by Crippen LogP contribution is 2.22. The van der Waals surface area contributed by atoms with Crippen LogP contribution in [0.1, 0.15) is 57.4 Å². The lowest BCUT2D eigenvalue weighted by atomic mass is 9.96. The molecule has 2 rings (SSSR count). The highest BCUT2D eigenvalue weighted by Gasteiger charge is 2.21. The van der Waals surface area contributed by atoms with Crippen LogP contribution in [0, 0.1) is 5.82 Å². The van der Waals surface area contributed by atoms with E-state index < -0.39 is 5.82 Å². The maximum atomic E-state index is 13.8. The first kappa shape index (κ1) is 18.9. The number of nitrogens with one attached hydrogen (secondary N) is 1. The summed E-state index contributed by atoms with van der Waals surface area (Å²) in [7, 11) is 1.41. The van der Waals surface area contributed by atoms with Crippen molar-refractivity contribution in [3.05, 3.63) is 41.3 Å². The Labute approximate surface area is 146 Å². The van der Waals surface area contributed by atoms with Gasteiger partial charge in [0.2, 0.25) is 11.8 Å². The van der Waals surface area contributed by atoms with E-state index in [1.54, 1.807) is 19.1 Å². The minimum atomic E-state index is -0.457. The molecule has 6 nitrogen and oxygen atoms in total. The van der Waals surface area contributed by atoms with Crippen LogP contribution >= 0.6 is 0 Å². The summed E-state index contributed by atoms with van der Waals surface area (Å²) in [6, 6.07) is 4.30. The normalized spacial score (nSPS) is 12.7. The van der Waals surface area contributed by atoms with Gasteiger partial charge in [-0.2, -0.15) is 4.98 Å². The van der Waals surface area contributed by atoms with E-state index in [2.05, 4.69) is 15.5 Å². The minimum Gasteiger partial charge on any atom is -0.494 e. The van der Waals surface area contributed by atoms with Gasteiger partial charge in [-0.3, -0.25) is 4.79 Å². The second-order valence-electron chi connectivity index (χ2n) is 6.94. The number of halogens is 1. The van der Waals surface area contributed by atoms with Crippen molar-refractivity contribution in [2.45, 2.75) is 52.0 Å². The molecule has 0 bridgehead atoms. The molecule has 0 aliphatic rings. The smallest absolute Gasteiger partial charge is 0.227 e. The van der Waals surface area contributed by atoms with Crippen LogP contribution in [0.4, 0.5) is 4.39 Å². The summed E-state index contributed by atoms with van der Waals surface area (Å²) in [5.41, 5.74) is 0.469. The number of nitrogens with zero attached hydrogens (tertiary/aromatic N) is 2. The molecule has 0 fully saturated rings. The molecule has 1 atom stereocenters. The van der Waals surface area contributed by atoms with Gasteiger partial charge in [-0.1, -0.05) is 32.0 Å². The summed E-state index contributed by atoms with van der Waals surface area (Å²) < 4.78 is 23.8. The SMILES string of the molecule is COc1ccc([C@@H](C)NC(=O)CCc2nc(C(C)(C)C)no2)cc1F. The van der Waals surface area contributed by atoms with Crippen molar-refractivity contribution >= 4 is 5.91 Å². The number of carbonyl (C=O) groups is 1. The van der Waals surface area contributed by atoms with E-state index >= 15 is 0 Å². The van der Waals surface area contributed by atoms with Crippen LogP contribution in [0.15, 0.2) is 22.7 Å². The van der Waals surface area contributed by atoms with Crippen molar-refractivity contribution < 1.29 is 18.4 Å². The minimum absolute atomic E-state index is 0.167. The van der Waals surface area contributed by atoms with Gasteiger partial charge in [-0.05, 0) is 24.6 Å². The number of methoxy groups -OCH3 is 1. The summed E-state index contributed by atoms with van der Waals surface area (Å²) in [5.74, 6) is 0.599. The van der Waals surface area contributed by atoms with E-state index in [9.17, 15) is 9.18 Å². The number of aromatic nitrogens is 2. The van der Waals surface area contributed by atoms with E-state index in [1.807, 2.05) is 20.8 Å². The van der Waals surface area contributed by atoms with Crippen LogP contribution in [-0.2, 0) is 16.6 Å². The Kier molecular flexibility index (Phi) is 5.77. The Bertz CT molecular complexity index is 737. The molecule has 0 saturated heterocycles. The second-order valence-corrected chi connectivity index (χ2v) is 6.94. The fraction of sp³-hybridized carbons (Fsp3) is 0.500. The molecule has 0 unspecified atom stereocenters. The lowest BCUT2D eigenvalue weighted by molar-refractivity contribution is -0.121. The monoisotopic (exact) mass is 349 g/mol. The molecule has 1 N–H and O–H groups in total. The van der Waals surface area contributed by atoms with Crippen molar-refractivity contribution in [2.75, 3.05) is 7.11 Å². The number of hydrogen-bond acceptors (Lipinski definition) is 5. The van der Waals surface area contributed by atoms with Crippen LogP contribution in [-0.4, -0.2) is 23.2 Å².